The molecule has 5 nitrogen and oxygen atoms in total. The van der Waals surface area contributed by atoms with E-state index in [4.69, 9.17) is 4.74 Å². The van der Waals surface area contributed by atoms with Gasteiger partial charge < -0.3 is 15.4 Å². The standard InChI is InChI=1S/C14H26N4O/c1-5-8-12-17-13(15-7-3)9-14(18-12)16-11(6-2)10-19-4/h9,11H,5-8,10H2,1-4H3,(H2,15,16,17,18). The van der Waals surface area contributed by atoms with Crippen LogP contribution in [-0.4, -0.2) is 36.3 Å². The number of nitrogens with zero attached hydrogens (tertiary/aromatic N) is 2. The Hall–Kier alpha value is -1.36. The first kappa shape index (κ1) is 15.7. The van der Waals surface area contributed by atoms with Gasteiger partial charge in [-0.3, -0.25) is 0 Å². The topological polar surface area (TPSA) is 59.1 Å². The molecule has 0 aliphatic carbocycles. The van der Waals surface area contributed by atoms with Gasteiger partial charge in [-0.1, -0.05) is 13.8 Å². The molecule has 0 amide bonds. The van der Waals surface area contributed by atoms with Gasteiger partial charge in [0.1, 0.15) is 17.5 Å². The summed E-state index contributed by atoms with van der Waals surface area (Å²) in [6.07, 6.45) is 2.94. The maximum absolute atomic E-state index is 5.20. The summed E-state index contributed by atoms with van der Waals surface area (Å²) in [4.78, 5) is 9.06. The van der Waals surface area contributed by atoms with Crippen molar-refractivity contribution in [1.82, 2.24) is 9.97 Å². The number of aromatic nitrogens is 2. The summed E-state index contributed by atoms with van der Waals surface area (Å²) >= 11 is 0. The monoisotopic (exact) mass is 266 g/mol. The summed E-state index contributed by atoms with van der Waals surface area (Å²) in [5.74, 6) is 2.64. The molecule has 2 N–H and O–H groups in total. The number of rotatable bonds is 9. The highest BCUT2D eigenvalue weighted by Gasteiger charge is 2.09. The molecule has 0 aliphatic rings. The first-order valence-electron chi connectivity index (χ1n) is 7.10. The first-order chi connectivity index (χ1) is 9.23. The average molecular weight is 266 g/mol. The summed E-state index contributed by atoms with van der Waals surface area (Å²) in [5.41, 5.74) is 0. The molecule has 1 aromatic rings. The van der Waals surface area contributed by atoms with Crippen molar-refractivity contribution >= 4 is 11.6 Å². The summed E-state index contributed by atoms with van der Waals surface area (Å²) in [6, 6.07) is 2.24. The average Bonchev–Trinajstić information content (AvgIpc) is 2.39. The molecule has 0 saturated heterocycles. The van der Waals surface area contributed by atoms with Gasteiger partial charge in [-0.05, 0) is 19.8 Å². The quantitative estimate of drug-likeness (QED) is 0.719. The van der Waals surface area contributed by atoms with E-state index in [0.29, 0.717) is 6.61 Å². The molecule has 1 aromatic heterocycles. The fourth-order valence-corrected chi connectivity index (χ4v) is 1.85. The predicted molar refractivity (Wildman–Crippen MR) is 79.8 cm³/mol. The van der Waals surface area contributed by atoms with Crippen molar-refractivity contribution in [2.75, 3.05) is 30.9 Å². The van der Waals surface area contributed by atoms with Gasteiger partial charge in [-0.2, -0.15) is 0 Å². The van der Waals surface area contributed by atoms with E-state index in [2.05, 4.69) is 41.4 Å². The van der Waals surface area contributed by atoms with E-state index in [0.717, 1.165) is 43.3 Å². The smallest absolute Gasteiger partial charge is 0.133 e. The normalized spacial score (nSPS) is 12.2. The Balaban J connectivity index is 2.84. The van der Waals surface area contributed by atoms with E-state index in [9.17, 15) is 0 Å². The second kappa shape index (κ2) is 8.69. The Morgan fingerprint density at radius 2 is 1.95 bits per heavy atom. The minimum absolute atomic E-state index is 0.281. The van der Waals surface area contributed by atoms with E-state index in [-0.39, 0.29) is 6.04 Å². The summed E-state index contributed by atoms with van der Waals surface area (Å²) < 4.78 is 5.20. The lowest BCUT2D eigenvalue weighted by Gasteiger charge is -2.17. The highest BCUT2D eigenvalue weighted by Crippen LogP contribution is 2.14. The Morgan fingerprint density at radius 1 is 1.21 bits per heavy atom. The number of nitrogens with one attached hydrogen (secondary N) is 2. The Morgan fingerprint density at radius 3 is 2.53 bits per heavy atom. The third-order valence-electron chi connectivity index (χ3n) is 2.82. The number of anilines is 2. The molecule has 1 heterocycles. The van der Waals surface area contributed by atoms with Gasteiger partial charge in [0.05, 0.1) is 12.6 Å². The summed E-state index contributed by atoms with van der Waals surface area (Å²) in [6.45, 7) is 7.87. The molecule has 0 bridgehead atoms. The maximum Gasteiger partial charge on any atom is 0.133 e. The summed E-state index contributed by atoms with van der Waals surface area (Å²) in [5, 5.41) is 6.66. The van der Waals surface area contributed by atoms with Crippen LogP contribution in [0.1, 0.15) is 39.4 Å². The van der Waals surface area contributed by atoms with Crippen molar-refractivity contribution in [2.45, 2.75) is 46.1 Å². The van der Waals surface area contributed by atoms with E-state index >= 15 is 0 Å². The lowest BCUT2D eigenvalue weighted by atomic mass is 10.2. The molecule has 0 radical (unpaired) electrons. The number of aryl methyl sites for hydroxylation is 1. The minimum atomic E-state index is 0.281. The third kappa shape index (κ3) is 5.42. The van der Waals surface area contributed by atoms with Crippen molar-refractivity contribution in [1.29, 1.82) is 0 Å². The lowest BCUT2D eigenvalue weighted by Crippen LogP contribution is -2.25. The Bertz CT molecular complexity index is 346. The molecule has 108 valence electrons. The van der Waals surface area contributed by atoms with Gasteiger partial charge in [0.2, 0.25) is 0 Å². The van der Waals surface area contributed by atoms with Crippen LogP contribution in [0.3, 0.4) is 0 Å². The Kier molecular flexibility index (Phi) is 7.18. The largest absolute Gasteiger partial charge is 0.383 e. The second-order valence-corrected chi connectivity index (χ2v) is 4.54. The van der Waals surface area contributed by atoms with Gasteiger partial charge >= 0.3 is 0 Å². The number of methoxy groups -OCH3 is 1. The van der Waals surface area contributed by atoms with Gasteiger partial charge in [-0.25, -0.2) is 9.97 Å². The maximum atomic E-state index is 5.20. The van der Waals surface area contributed by atoms with Crippen LogP contribution >= 0.6 is 0 Å². The van der Waals surface area contributed by atoms with Crippen LogP contribution in [0.15, 0.2) is 6.07 Å². The fraction of sp³-hybridized carbons (Fsp3) is 0.714. The molecule has 5 heteroatoms. The molecule has 19 heavy (non-hydrogen) atoms. The molecule has 0 fully saturated rings. The highest BCUT2D eigenvalue weighted by atomic mass is 16.5. The van der Waals surface area contributed by atoms with E-state index in [1.54, 1.807) is 7.11 Å². The van der Waals surface area contributed by atoms with Crippen molar-refractivity contribution in [3.8, 4) is 0 Å². The zero-order valence-electron chi connectivity index (χ0n) is 12.5. The molecule has 0 aliphatic heterocycles. The minimum Gasteiger partial charge on any atom is -0.383 e. The van der Waals surface area contributed by atoms with Crippen LogP contribution < -0.4 is 10.6 Å². The van der Waals surface area contributed by atoms with Crippen LogP contribution in [0.5, 0.6) is 0 Å². The van der Waals surface area contributed by atoms with Crippen molar-refractivity contribution in [3.63, 3.8) is 0 Å². The summed E-state index contributed by atoms with van der Waals surface area (Å²) in [7, 11) is 1.72. The van der Waals surface area contributed by atoms with Gasteiger partial charge in [-0.15, -0.1) is 0 Å². The zero-order chi connectivity index (χ0) is 14.1. The fourth-order valence-electron chi connectivity index (χ4n) is 1.85. The molecule has 1 rings (SSSR count). The van der Waals surface area contributed by atoms with E-state index < -0.39 is 0 Å². The van der Waals surface area contributed by atoms with Crippen LogP contribution in [0, 0.1) is 0 Å². The molecule has 1 unspecified atom stereocenters. The van der Waals surface area contributed by atoms with Crippen LogP contribution in [0.25, 0.3) is 0 Å². The first-order valence-corrected chi connectivity index (χ1v) is 7.10. The molecular weight excluding hydrogens is 240 g/mol. The molecule has 0 spiro atoms. The van der Waals surface area contributed by atoms with Gasteiger partial charge in [0.15, 0.2) is 0 Å². The van der Waals surface area contributed by atoms with Crippen molar-refractivity contribution < 1.29 is 4.74 Å². The molecule has 0 saturated carbocycles. The molecular formula is C14H26N4O. The van der Waals surface area contributed by atoms with Crippen LogP contribution in [0.4, 0.5) is 11.6 Å². The highest BCUT2D eigenvalue weighted by molar-refractivity contribution is 5.48. The number of hydrogen-bond acceptors (Lipinski definition) is 5. The van der Waals surface area contributed by atoms with E-state index in [1.807, 2.05) is 6.07 Å². The predicted octanol–water partition coefficient (Wildman–Crippen LogP) is 2.70. The van der Waals surface area contributed by atoms with Crippen LogP contribution in [-0.2, 0) is 11.2 Å². The number of hydrogen-bond donors (Lipinski definition) is 2. The molecule has 1 atom stereocenters. The lowest BCUT2D eigenvalue weighted by molar-refractivity contribution is 0.184. The number of ether oxygens (including phenoxy) is 1. The van der Waals surface area contributed by atoms with Crippen LogP contribution in [0.2, 0.25) is 0 Å². The zero-order valence-corrected chi connectivity index (χ0v) is 12.5. The van der Waals surface area contributed by atoms with Crippen molar-refractivity contribution in [3.05, 3.63) is 11.9 Å². The van der Waals surface area contributed by atoms with E-state index in [1.165, 1.54) is 0 Å². The Labute approximate surface area is 116 Å². The van der Waals surface area contributed by atoms with Gasteiger partial charge in [0, 0.05) is 26.1 Å². The SMILES string of the molecule is CCCc1nc(NCC)cc(NC(CC)COC)n1. The third-order valence-corrected chi connectivity index (χ3v) is 2.82. The van der Waals surface area contributed by atoms with Gasteiger partial charge in [0.25, 0.3) is 0 Å². The molecule has 0 aromatic carbocycles. The second-order valence-electron chi connectivity index (χ2n) is 4.54. The van der Waals surface area contributed by atoms with Crippen molar-refractivity contribution in [2.24, 2.45) is 0 Å².